The zero-order chi connectivity index (χ0) is 14.5. The van der Waals surface area contributed by atoms with E-state index in [2.05, 4.69) is 4.98 Å². The summed E-state index contributed by atoms with van der Waals surface area (Å²) in [7, 11) is 0. The highest BCUT2D eigenvalue weighted by atomic mass is 16.5. The Bertz CT molecular complexity index is 465. The fourth-order valence-corrected chi connectivity index (χ4v) is 2.69. The third-order valence-electron chi connectivity index (χ3n) is 3.72. The number of pyridine rings is 1. The van der Waals surface area contributed by atoms with E-state index < -0.39 is 5.97 Å². The largest absolute Gasteiger partial charge is 0.452 e. The van der Waals surface area contributed by atoms with Gasteiger partial charge in [-0.2, -0.15) is 0 Å². The minimum absolute atomic E-state index is 0.118. The van der Waals surface area contributed by atoms with Gasteiger partial charge < -0.3 is 9.64 Å². The van der Waals surface area contributed by atoms with Crippen molar-refractivity contribution in [1.29, 1.82) is 0 Å². The van der Waals surface area contributed by atoms with Gasteiger partial charge in [-0.25, -0.2) is 4.79 Å². The summed E-state index contributed by atoms with van der Waals surface area (Å²) in [6.45, 7) is 3.88. The second-order valence-electron chi connectivity index (χ2n) is 5.24. The molecule has 1 fully saturated rings. The Morgan fingerprint density at radius 3 is 2.45 bits per heavy atom. The topological polar surface area (TPSA) is 59.5 Å². The SMILES string of the molecule is C[C@@H]1CCC[C@@H](C)N1C(=O)COC(=O)c1ccncc1. The number of likely N-dealkylation sites (tertiary alicyclic amines) is 1. The quantitative estimate of drug-likeness (QED) is 0.793. The number of esters is 1. The molecule has 2 heterocycles. The van der Waals surface area contributed by atoms with Crippen molar-refractivity contribution in [2.75, 3.05) is 6.61 Å². The standard InChI is InChI=1S/C15H20N2O3/c1-11-4-3-5-12(2)17(11)14(18)10-20-15(19)13-6-8-16-9-7-13/h6-9,11-12H,3-5,10H2,1-2H3/t11-,12-/m1/s1. The lowest BCUT2D eigenvalue weighted by Gasteiger charge is -2.38. The molecule has 0 unspecified atom stereocenters. The van der Waals surface area contributed by atoms with Crippen molar-refractivity contribution in [3.63, 3.8) is 0 Å². The van der Waals surface area contributed by atoms with Crippen molar-refractivity contribution in [3.8, 4) is 0 Å². The van der Waals surface area contributed by atoms with E-state index in [0.29, 0.717) is 5.56 Å². The van der Waals surface area contributed by atoms with E-state index in [4.69, 9.17) is 4.74 Å². The van der Waals surface area contributed by atoms with Gasteiger partial charge in [0.05, 0.1) is 5.56 Å². The molecule has 0 radical (unpaired) electrons. The number of nitrogens with zero attached hydrogens (tertiary/aromatic N) is 2. The molecule has 0 N–H and O–H groups in total. The summed E-state index contributed by atoms with van der Waals surface area (Å²) < 4.78 is 5.08. The van der Waals surface area contributed by atoms with Crippen molar-refractivity contribution < 1.29 is 14.3 Å². The van der Waals surface area contributed by atoms with Gasteiger partial charge in [0.15, 0.2) is 6.61 Å². The number of rotatable bonds is 3. The molecule has 1 aliphatic heterocycles. The fourth-order valence-electron chi connectivity index (χ4n) is 2.69. The molecular weight excluding hydrogens is 256 g/mol. The van der Waals surface area contributed by atoms with Crippen LogP contribution in [0.25, 0.3) is 0 Å². The van der Waals surface area contributed by atoms with E-state index in [0.717, 1.165) is 19.3 Å². The molecule has 1 aromatic rings. The van der Waals surface area contributed by atoms with Crippen molar-refractivity contribution in [1.82, 2.24) is 9.88 Å². The Morgan fingerprint density at radius 2 is 1.85 bits per heavy atom. The number of piperidine rings is 1. The van der Waals surface area contributed by atoms with E-state index in [1.54, 1.807) is 12.1 Å². The summed E-state index contributed by atoms with van der Waals surface area (Å²) in [5, 5.41) is 0. The van der Waals surface area contributed by atoms with Crippen LogP contribution in [0.2, 0.25) is 0 Å². The predicted octanol–water partition coefficient (Wildman–Crippen LogP) is 2.03. The number of hydrogen-bond acceptors (Lipinski definition) is 4. The summed E-state index contributed by atoms with van der Waals surface area (Å²) >= 11 is 0. The Labute approximate surface area is 118 Å². The van der Waals surface area contributed by atoms with Gasteiger partial charge in [-0.3, -0.25) is 9.78 Å². The second-order valence-corrected chi connectivity index (χ2v) is 5.24. The molecular formula is C15H20N2O3. The molecule has 108 valence electrons. The highest BCUT2D eigenvalue weighted by molar-refractivity contribution is 5.91. The number of aromatic nitrogens is 1. The molecule has 0 aliphatic carbocycles. The summed E-state index contributed by atoms with van der Waals surface area (Å²) in [6, 6.07) is 3.56. The molecule has 2 rings (SSSR count). The highest BCUT2D eigenvalue weighted by Crippen LogP contribution is 2.22. The first-order valence-electron chi connectivity index (χ1n) is 6.98. The van der Waals surface area contributed by atoms with Crippen LogP contribution in [0.5, 0.6) is 0 Å². The molecule has 20 heavy (non-hydrogen) atoms. The molecule has 0 saturated carbocycles. The number of ether oxygens (including phenoxy) is 1. The predicted molar refractivity (Wildman–Crippen MR) is 74.1 cm³/mol. The van der Waals surface area contributed by atoms with Gasteiger partial charge in [-0.15, -0.1) is 0 Å². The smallest absolute Gasteiger partial charge is 0.338 e. The van der Waals surface area contributed by atoms with E-state index in [1.807, 2.05) is 18.7 Å². The maximum absolute atomic E-state index is 12.2. The average molecular weight is 276 g/mol. The Kier molecular flexibility index (Phi) is 4.71. The van der Waals surface area contributed by atoms with Crippen LogP contribution in [0.15, 0.2) is 24.5 Å². The van der Waals surface area contributed by atoms with Gasteiger partial charge in [0.2, 0.25) is 0 Å². The number of carbonyl (C=O) groups is 2. The Morgan fingerprint density at radius 1 is 1.25 bits per heavy atom. The van der Waals surface area contributed by atoms with Crippen LogP contribution in [-0.2, 0) is 9.53 Å². The molecule has 1 aromatic heterocycles. The van der Waals surface area contributed by atoms with E-state index in [9.17, 15) is 9.59 Å². The molecule has 2 atom stereocenters. The zero-order valence-corrected chi connectivity index (χ0v) is 11.9. The van der Waals surface area contributed by atoms with Crippen LogP contribution < -0.4 is 0 Å². The third kappa shape index (κ3) is 3.35. The molecule has 5 nitrogen and oxygen atoms in total. The lowest BCUT2D eigenvalue weighted by molar-refractivity contribution is -0.140. The zero-order valence-electron chi connectivity index (χ0n) is 11.9. The highest BCUT2D eigenvalue weighted by Gasteiger charge is 2.29. The fraction of sp³-hybridized carbons (Fsp3) is 0.533. The van der Waals surface area contributed by atoms with Crippen molar-refractivity contribution in [2.45, 2.75) is 45.2 Å². The maximum Gasteiger partial charge on any atom is 0.338 e. The van der Waals surface area contributed by atoms with Crippen LogP contribution >= 0.6 is 0 Å². The van der Waals surface area contributed by atoms with E-state index in [-0.39, 0.29) is 24.6 Å². The number of hydrogen-bond donors (Lipinski definition) is 0. The van der Waals surface area contributed by atoms with Crippen LogP contribution in [0.1, 0.15) is 43.5 Å². The van der Waals surface area contributed by atoms with Crippen LogP contribution in [-0.4, -0.2) is 40.5 Å². The monoisotopic (exact) mass is 276 g/mol. The Hall–Kier alpha value is -1.91. The van der Waals surface area contributed by atoms with Crippen molar-refractivity contribution in [3.05, 3.63) is 30.1 Å². The molecule has 0 spiro atoms. The van der Waals surface area contributed by atoms with Gasteiger partial charge in [0.1, 0.15) is 0 Å². The molecule has 0 bridgehead atoms. The first kappa shape index (κ1) is 14.5. The summed E-state index contributed by atoms with van der Waals surface area (Å²) in [5.41, 5.74) is 0.410. The van der Waals surface area contributed by atoms with E-state index in [1.165, 1.54) is 12.4 Å². The molecule has 1 saturated heterocycles. The van der Waals surface area contributed by atoms with Gasteiger partial charge in [0.25, 0.3) is 5.91 Å². The van der Waals surface area contributed by atoms with Gasteiger partial charge in [0, 0.05) is 24.5 Å². The van der Waals surface area contributed by atoms with Gasteiger partial charge in [-0.05, 0) is 45.2 Å². The van der Waals surface area contributed by atoms with E-state index >= 15 is 0 Å². The average Bonchev–Trinajstić information content (AvgIpc) is 2.45. The minimum atomic E-state index is -0.488. The molecule has 0 aromatic carbocycles. The number of carbonyl (C=O) groups excluding carboxylic acids is 2. The third-order valence-corrected chi connectivity index (χ3v) is 3.72. The molecule has 1 aliphatic rings. The Balaban J connectivity index is 1.90. The lowest BCUT2D eigenvalue weighted by atomic mass is 9.97. The van der Waals surface area contributed by atoms with Crippen LogP contribution in [0, 0.1) is 0 Å². The summed E-state index contributed by atoms with van der Waals surface area (Å²) in [6.07, 6.45) is 6.20. The normalized spacial score (nSPS) is 22.4. The number of amides is 1. The van der Waals surface area contributed by atoms with Gasteiger partial charge in [-0.1, -0.05) is 0 Å². The first-order chi connectivity index (χ1) is 9.59. The van der Waals surface area contributed by atoms with Crippen molar-refractivity contribution >= 4 is 11.9 Å². The van der Waals surface area contributed by atoms with Crippen LogP contribution in [0.3, 0.4) is 0 Å². The van der Waals surface area contributed by atoms with Gasteiger partial charge >= 0.3 is 5.97 Å². The lowest BCUT2D eigenvalue weighted by Crippen LogP contribution is -2.49. The first-order valence-corrected chi connectivity index (χ1v) is 6.98. The van der Waals surface area contributed by atoms with Crippen LogP contribution in [0.4, 0.5) is 0 Å². The minimum Gasteiger partial charge on any atom is -0.452 e. The molecule has 5 heteroatoms. The summed E-state index contributed by atoms with van der Waals surface area (Å²) in [5.74, 6) is -0.606. The van der Waals surface area contributed by atoms with Crippen molar-refractivity contribution in [2.24, 2.45) is 0 Å². The summed E-state index contributed by atoms with van der Waals surface area (Å²) in [4.78, 5) is 29.6. The maximum atomic E-state index is 12.2. The molecule has 1 amide bonds. The second kappa shape index (κ2) is 6.50.